The average molecular weight is 499 g/mol. The molecule has 33 heavy (non-hydrogen) atoms. The molecule has 0 radical (unpaired) electrons. The Morgan fingerprint density at radius 3 is 2.00 bits per heavy atom. The summed E-state index contributed by atoms with van der Waals surface area (Å²) in [5.41, 5.74) is 3.47. The first kappa shape index (κ1) is 25.7. The van der Waals surface area contributed by atoms with E-state index < -0.39 is 13.6 Å². The molecule has 2 aliphatic heterocycles. The molecule has 3 heterocycles. The molecule has 0 saturated heterocycles. The number of halogens is 6. The van der Waals surface area contributed by atoms with Crippen molar-refractivity contribution in [3.63, 3.8) is 0 Å². The van der Waals surface area contributed by atoms with Crippen LogP contribution in [0.15, 0.2) is 42.6 Å². The van der Waals surface area contributed by atoms with Crippen LogP contribution in [0.4, 0.5) is 25.2 Å². The van der Waals surface area contributed by atoms with E-state index in [2.05, 4.69) is 61.0 Å². The number of nitrogens with zero attached hydrogens (tertiary/aromatic N) is 1. The Kier molecular flexibility index (Phi) is 5.88. The van der Waals surface area contributed by atoms with Gasteiger partial charge in [-0.2, -0.15) is 4.57 Å². The SMILES string of the molecule is CCOC1(OCC)C2c3cccc(OC)c3C([n+]3ccccc32)C1(C)C.F[P-](F)(F)(F)(F)F. The molecule has 0 N–H and O–H groups in total. The van der Waals surface area contributed by atoms with Gasteiger partial charge >= 0.3 is 33.0 Å². The summed E-state index contributed by atoms with van der Waals surface area (Å²) in [6.45, 7) is 9.83. The third-order valence-electron chi connectivity index (χ3n) is 6.08. The van der Waals surface area contributed by atoms with Gasteiger partial charge in [0.2, 0.25) is 0 Å². The molecule has 0 amide bonds. The van der Waals surface area contributed by atoms with Crippen LogP contribution in [-0.4, -0.2) is 26.1 Å². The second-order valence-electron chi connectivity index (χ2n) is 8.55. The fourth-order valence-electron chi connectivity index (χ4n) is 5.21. The molecule has 0 fully saturated rings. The Morgan fingerprint density at radius 2 is 1.48 bits per heavy atom. The zero-order valence-electron chi connectivity index (χ0n) is 19.0. The Hall–Kier alpha value is -1.90. The van der Waals surface area contributed by atoms with Crippen molar-refractivity contribution in [1.29, 1.82) is 0 Å². The minimum absolute atomic E-state index is 0.00583. The second kappa shape index (κ2) is 7.55. The van der Waals surface area contributed by atoms with Gasteiger partial charge in [-0.15, -0.1) is 0 Å². The third-order valence-corrected chi connectivity index (χ3v) is 6.08. The first-order valence-corrected chi connectivity index (χ1v) is 12.5. The van der Waals surface area contributed by atoms with E-state index in [-0.39, 0.29) is 17.4 Å². The van der Waals surface area contributed by atoms with E-state index in [0.29, 0.717) is 13.2 Å². The summed E-state index contributed by atoms with van der Waals surface area (Å²) < 4.78 is 80.3. The maximum atomic E-state index is 9.87. The van der Waals surface area contributed by atoms with Crippen LogP contribution in [0.5, 0.6) is 5.75 Å². The van der Waals surface area contributed by atoms with Crippen LogP contribution in [0.1, 0.15) is 56.5 Å². The number of benzene rings is 1. The summed E-state index contributed by atoms with van der Waals surface area (Å²) in [6.07, 6.45) is 2.17. The standard InChI is InChI=1S/C22H28NO3.F6P/c1-6-25-22(26-7-2)19-15-11-10-13-17(24-5)18(15)20(21(22,3)4)23-14-9-8-12-16(19)23;1-7(2,3,4,5)6/h8-14,19-20H,6-7H2,1-5H3;/q+1;-1. The van der Waals surface area contributed by atoms with E-state index in [4.69, 9.17) is 14.2 Å². The Balaban J connectivity index is 0.000000383. The molecule has 2 aromatic rings. The van der Waals surface area contributed by atoms with Gasteiger partial charge in [0, 0.05) is 25.3 Å². The van der Waals surface area contributed by atoms with Crippen molar-refractivity contribution >= 4 is 7.81 Å². The van der Waals surface area contributed by atoms with Crippen LogP contribution in [0, 0.1) is 5.41 Å². The number of rotatable bonds is 5. The molecular formula is C22H28F6NO3P. The van der Waals surface area contributed by atoms with Gasteiger partial charge in [-0.1, -0.05) is 18.2 Å². The minimum atomic E-state index is -10.7. The summed E-state index contributed by atoms with van der Waals surface area (Å²) in [5.74, 6) is 0.227. The molecular weight excluding hydrogens is 471 g/mol. The number of pyridine rings is 1. The molecule has 3 aliphatic rings. The van der Waals surface area contributed by atoms with E-state index in [1.165, 1.54) is 16.8 Å². The molecule has 2 unspecified atom stereocenters. The number of fused-ring (bicyclic) bond motifs is 1. The summed E-state index contributed by atoms with van der Waals surface area (Å²) in [7, 11) is -8.91. The Bertz CT molecular complexity index is 1030. The van der Waals surface area contributed by atoms with Crippen molar-refractivity contribution in [2.75, 3.05) is 20.3 Å². The van der Waals surface area contributed by atoms with Crippen molar-refractivity contribution in [2.24, 2.45) is 5.41 Å². The van der Waals surface area contributed by atoms with Crippen LogP contribution in [-0.2, 0) is 9.47 Å². The van der Waals surface area contributed by atoms with Crippen LogP contribution < -0.4 is 9.30 Å². The summed E-state index contributed by atoms with van der Waals surface area (Å²) >= 11 is 0. The monoisotopic (exact) mass is 499 g/mol. The van der Waals surface area contributed by atoms with Crippen LogP contribution in [0.25, 0.3) is 0 Å². The quantitative estimate of drug-likeness (QED) is 0.189. The van der Waals surface area contributed by atoms with E-state index in [1.54, 1.807) is 7.11 Å². The molecule has 11 heteroatoms. The van der Waals surface area contributed by atoms with Crippen LogP contribution in [0.2, 0.25) is 0 Å². The first-order chi connectivity index (χ1) is 15.0. The number of aromatic nitrogens is 1. The van der Waals surface area contributed by atoms with Crippen molar-refractivity contribution in [3.05, 3.63) is 59.4 Å². The van der Waals surface area contributed by atoms with Gasteiger partial charge in [0.1, 0.15) is 11.7 Å². The third kappa shape index (κ3) is 4.84. The van der Waals surface area contributed by atoms with Gasteiger partial charge in [-0.05, 0) is 39.3 Å². The van der Waals surface area contributed by atoms with E-state index in [9.17, 15) is 25.2 Å². The molecule has 0 saturated carbocycles. The molecule has 2 atom stereocenters. The maximum absolute atomic E-state index is 10.7. The van der Waals surface area contributed by atoms with E-state index in [1.807, 2.05) is 13.8 Å². The van der Waals surface area contributed by atoms with Crippen molar-refractivity contribution in [2.45, 2.75) is 45.4 Å². The molecule has 2 bridgehead atoms. The normalized spacial score (nSPS) is 23.8. The number of methoxy groups -OCH3 is 1. The van der Waals surface area contributed by atoms with E-state index in [0.717, 1.165) is 5.75 Å². The average Bonchev–Trinajstić information content (AvgIpc) is 2.67. The predicted octanol–water partition coefficient (Wildman–Crippen LogP) is 7.21. The Labute approximate surface area is 188 Å². The van der Waals surface area contributed by atoms with Gasteiger partial charge in [0.15, 0.2) is 23.7 Å². The van der Waals surface area contributed by atoms with E-state index >= 15 is 0 Å². The zero-order chi connectivity index (χ0) is 24.9. The van der Waals surface area contributed by atoms with Gasteiger partial charge in [0.25, 0.3) is 0 Å². The predicted molar refractivity (Wildman–Crippen MR) is 113 cm³/mol. The molecule has 4 nitrogen and oxygen atoms in total. The molecule has 5 rings (SSSR count). The van der Waals surface area contributed by atoms with Gasteiger partial charge in [-0.25, -0.2) is 0 Å². The van der Waals surface area contributed by atoms with Crippen molar-refractivity contribution < 1.29 is 44.0 Å². The molecule has 186 valence electrons. The number of hydrogen-bond donors (Lipinski definition) is 0. The molecule has 1 aromatic carbocycles. The second-order valence-corrected chi connectivity index (χ2v) is 10.5. The molecule has 1 aliphatic carbocycles. The summed E-state index contributed by atoms with van der Waals surface area (Å²) in [4.78, 5) is 0. The van der Waals surface area contributed by atoms with Gasteiger partial charge in [0.05, 0.1) is 18.1 Å². The van der Waals surface area contributed by atoms with Gasteiger partial charge in [-0.3, -0.25) is 0 Å². The zero-order valence-corrected chi connectivity index (χ0v) is 19.9. The van der Waals surface area contributed by atoms with Crippen LogP contribution in [0.3, 0.4) is 0 Å². The number of hydrogen-bond acceptors (Lipinski definition) is 3. The Morgan fingerprint density at radius 1 is 0.909 bits per heavy atom. The first-order valence-electron chi connectivity index (χ1n) is 10.5. The number of ether oxygens (including phenoxy) is 3. The molecule has 0 spiro atoms. The van der Waals surface area contributed by atoms with Crippen LogP contribution >= 0.6 is 7.81 Å². The summed E-state index contributed by atoms with van der Waals surface area (Å²) in [5, 5.41) is 0. The fourth-order valence-corrected chi connectivity index (χ4v) is 5.21. The van der Waals surface area contributed by atoms with Crippen molar-refractivity contribution in [1.82, 2.24) is 0 Å². The fraction of sp³-hybridized carbons (Fsp3) is 0.500. The van der Waals surface area contributed by atoms with Crippen molar-refractivity contribution in [3.8, 4) is 5.75 Å². The molecule has 1 aromatic heterocycles. The van der Waals surface area contributed by atoms with Gasteiger partial charge < -0.3 is 14.2 Å². The summed E-state index contributed by atoms with van der Waals surface area (Å²) in [6, 6.07) is 12.8. The topological polar surface area (TPSA) is 31.6 Å².